The van der Waals surface area contributed by atoms with Gasteiger partial charge in [0.15, 0.2) is 23.0 Å². The van der Waals surface area contributed by atoms with Crippen LogP contribution < -0.4 is 19.5 Å². The highest BCUT2D eigenvalue weighted by atomic mass is 16.6. The van der Waals surface area contributed by atoms with E-state index < -0.39 is 77.5 Å². The van der Waals surface area contributed by atoms with Gasteiger partial charge in [0, 0.05) is 73.7 Å². The van der Waals surface area contributed by atoms with Crippen molar-refractivity contribution in [3.63, 3.8) is 0 Å². The Balaban J connectivity index is 1.90. The molecule has 1 fully saturated rings. The van der Waals surface area contributed by atoms with E-state index in [-0.39, 0.29) is 69.4 Å². The number of nitriles is 1. The molecule has 1 aromatic carbocycles. The van der Waals surface area contributed by atoms with Gasteiger partial charge in [-0.15, -0.1) is 0 Å². The molecule has 1 saturated heterocycles. The molecule has 6 atom stereocenters. The van der Waals surface area contributed by atoms with E-state index in [1.165, 1.54) is 41.9 Å². The van der Waals surface area contributed by atoms with Gasteiger partial charge in [0.05, 0.1) is 38.4 Å². The van der Waals surface area contributed by atoms with Crippen LogP contribution in [0.1, 0.15) is 69.9 Å². The predicted octanol–water partition coefficient (Wildman–Crippen LogP) is 1.24. The number of likely N-dealkylation sites (N-methyl/N-ethyl adjacent to an activating group) is 1. The second-order valence-corrected chi connectivity index (χ2v) is 12.7. The number of piperazine rings is 1. The molecule has 3 heterocycles. The zero-order chi connectivity index (χ0) is 37.8. The number of allylic oxidation sites excluding steroid dienone is 2. The Morgan fingerprint density at radius 3 is 2.04 bits per heavy atom. The topological polar surface area (TPSA) is 208 Å². The van der Waals surface area contributed by atoms with Gasteiger partial charge in [0.25, 0.3) is 5.91 Å². The van der Waals surface area contributed by atoms with Crippen LogP contribution in [0.5, 0.6) is 17.2 Å². The summed E-state index contributed by atoms with van der Waals surface area (Å²) in [6.45, 7) is 7.25. The Morgan fingerprint density at radius 1 is 0.882 bits per heavy atom. The molecular weight excluding hydrogens is 668 g/mol. The van der Waals surface area contributed by atoms with E-state index in [0.717, 1.165) is 6.92 Å². The second kappa shape index (κ2) is 13.7. The number of Topliss-reactive ketones (excluding diaryl/α,β-unsaturated/α-hetero) is 3. The molecule has 0 aromatic heterocycles. The van der Waals surface area contributed by atoms with Crippen molar-refractivity contribution in [2.24, 2.45) is 0 Å². The van der Waals surface area contributed by atoms with Gasteiger partial charge in [-0.05, 0) is 27.3 Å². The minimum absolute atomic E-state index is 0.0167. The van der Waals surface area contributed by atoms with Crippen LogP contribution in [0.4, 0.5) is 0 Å². The molecule has 270 valence electrons. The number of amides is 1. The van der Waals surface area contributed by atoms with Crippen LogP contribution in [0.3, 0.4) is 0 Å². The molecular formula is C35H38N4O12. The number of benzene rings is 1. The molecule has 4 aliphatic rings. The maximum atomic E-state index is 14.1. The number of hydrogen-bond acceptors (Lipinski definition) is 15. The SMILES string of the molecule is COC1=C(C)C(=O)C2=C(C1=O)[C@H](CNC(=O)C(C)=O)N1[C@@H](C#N)[C@@H]3[C@@H](OC(C)=O)c4c(OC(C)=O)c(C)c(OC)c(OC(C)=O)c4[C@H]([C@@H]1C2)N3C. The summed E-state index contributed by atoms with van der Waals surface area (Å²) < 4.78 is 28.6. The number of esters is 3. The fraction of sp³-hybridized carbons (Fsp3) is 0.486. The number of fused-ring (bicyclic) bond motifs is 6. The van der Waals surface area contributed by atoms with Crippen molar-refractivity contribution in [3.05, 3.63) is 39.2 Å². The van der Waals surface area contributed by atoms with Gasteiger partial charge in [0.2, 0.25) is 11.6 Å². The van der Waals surface area contributed by atoms with E-state index in [2.05, 4.69) is 11.4 Å². The van der Waals surface area contributed by atoms with E-state index in [9.17, 15) is 38.8 Å². The minimum atomic E-state index is -1.33. The van der Waals surface area contributed by atoms with Gasteiger partial charge in [-0.1, -0.05) is 0 Å². The van der Waals surface area contributed by atoms with Crippen LogP contribution in [0.25, 0.3) is 0 Å². The number of rotatable bonds is 8. The summed E-state index contributed by atoms with van der Waals surface area (Å²) in [6, 6.07) is -2.89. The van der Waals surface area contributed by atoms with Gasteiger partial charge in [0.1, 0.15) is 17.9 Å². The van der Waals surface area contributed by atoms with Gasteiger partial charge in [-0.2, -0.15) is 5.26 Å². The Labute approximate surface area is 293 Å². The van der Waals surface area contributed by atoms with Crippen molar-refractivity contribution in [3.8, 4) is 23.3 Å². The average molecular weight is 707 g/mol. The molecule has 1 amide bonds. The molecule has 3 aliphatic heterocycles. The van der Waals surface area contributed by atoms with Gasteiger partial charge < -0.3 is 29.0 Å². The summed E-state index contributed by atoms with van der Waals surface area (Å²) in [7, 11) is 4.25. The summed E-state index contributed by atoms with van der Waals surface area (Å²) in [5, 5.41) is 13.5. The van der Waals surface area contributed by atoms with Crippen LogP contribution in [-0.2, 0) is 43.0 Å². The lowest BCUT2D eigenvalue weighted by molar-refractivity contribution is -0.163. The highest BCUT2D eigenvalue weighted by Gasteiger charge is 2.62. The summed E-state index contributed by atoms with van der Waals surface area (Å²) in [4.78, 5) is 94.1. The van der Waals surface area contributed by atoms with Gasteiger partial charge >= 0.3 is 17.9 Å². The normalized spacial score (nSPS) is 25.5. The van der Waals surface area contributed by atoms with Crippen molar-refractivity contribution >= 4 is 41.2 Å². The van der Waals surface area contributed by atoms with E-state index in [0.29, 0.717) is 0 Å². The standard InChI is InChI=1S/C35H38N4O12/c1-13-28(44)19-10-20-26-24-25(30(49-16(4)41)14(2)32(48-9)34(24)51-18(6)43)33(50-17(5)42)27(38(26)7)21(11-36)39(20)22(12-37-35(46)15(3)40)23(19)29(45)31(13)47-8/h20-22,26-27,33H,10,12H2,1-9H3,(H,37,46)/t20-,21-,22-,26-,27+,33-/m0/s1. The molecule has 1 aliphatic carbocycles. The maximum Gasteiger partial charge on any atom is 0.308 e. The lowest BCUT2D eigenvalue weighted by atomic mass is 9.68. The smallest absolute Gasteiger partial charge is 0.308 e. The molecule has 5 rings (SSSR count). The van der Waals surface area contributed by atoms with Crippen LogP contribution in [0, 0.1) is 18.3 Å². The number of methoxy groups -OCH3 is 2. The number of hydrogen-bond donors (Lipinski definition) is 1. The third-order valence-corrected chi connectivity index (χ3v) is 9.80. The van der Waals surface area contributed by atoms with Crippen molar-refractivity contribution in [1.29, 1.82) is 5.26 Å². The fourth-order valence-electron chi connectivity index (χ4n) is 8.01. The molecule has 0 radical (unpaired) electrons. The number of nitrogens with one attached hydrogen (secondary N) is 1. The summed E-state index contributed by atoms with van der Waals surface area (Å²) >= 11 is 0. The molecule has 51 heavy (non-hydrogen) atoms. The van der Waals surface area contributed by atoms with Gasteiger partial charge in [-0.3, -0.25) is 43.4 Å². The number of carbonyl (C=O) groups excluding carboxylic acids is 7. The summed E-state index contributed by atoms with van der Waals surface area (Å²) in [5.74, 6) is -5.34. The lowest BCUT2D eigenvalue weighted by Crippen LogP contribution is -2.72. The van der Waals surface area contributed by atoms with Crippen molar-refractivity contribution in [2.75, 3.05) is 27.8 Å². The minimum Gasteiger partial charge on any atom is -0.492 e. The van der Waals surface area contributed by atoms with Gasteiger partial charge in [-0.25, -0.2) is 0 Å². The Kier molecular flexibility index (Phi) is 9.92. The van der Waals surface area contributed by atoms with E-state index in [1.807, 2.05) is 0 Å². The van der Waals surface area contributed by atoms with Crippen LogP contribution in [0.15, 0.2) is 22.5 Å². The van der Waals surface area contributed by atoms with Crippen LogP contribution in [-0.4, -0.2) is 103 Å². The largest absolute Gasteiger partial charge is 0.492 e. The molecule has 2 bridgehead atoms. The van der Waals surface area contributed by atoms with Crippen molar-refractivity contribution in [2.45, 2.75) is 84.3 Å². The first-order chi connectivity index (χ1) is 24.0. The molecule has 16 heteroatoms. The molecule has 0 saturated carbocycles. The Morgan fingerprint density at radius 2 is 1.51 bits per heavy atom. The Bertz CT molecular complexity index is 1910. The second-order valence-electron chi connectivity index (χ2n) is 12.7. The Hall–Kier alpha value is -5.40. The maximum absolute atomic E-state index is 14.1. The number of ketones is 3. The lowest BCUT2D eigenvalue weighted by Gasteiger charge is -2.61. The average Bonchev–Trinajstić information content (AvgIpc) is 3.05. The first-order valence-electron chi connectivity index (χ1n) is 16.1. The molecule has 1 N–H and O–H groups in total. The van der Waals surface area contributed by atoms with Crippen molar-refractivity contribution < 1.29 is 57.2 Å². The molecule has 0 spiro atoms. The molecule has 1 aromatic rings. The van der Waals surface area contributed by atoms with Crippen molar-refractivity contribution in [1.82, 2.24) is 15.1 Å². The predicted molar refractivity (Wildman–Crippen MR) is 173 cm³/mol. The third-order valence-electron chi connectivity index (χ3n) is 9.80. The fourth-order valence-corrected chi connectivity index (χ4v) is 8.01. The first kappa shape index (κ1) is 36.9. The quantitative estimate of drug-likeness (QED) is 0.175. The van der Waals surface area contributed by atoms with E-state index in [4.69, 9.17) is 23.7 Å². The number of ether oxygens (including phenoxy) is 5. The first-order valence-corrected chi connectivity index (χ1v) is 16.1. The van der Waals surface area contributed by atoms with E-state index >= 15 is 0 Å². The highest BCUT2D eigenvalue weighted by Crippen LogP contribution is 2.60. The molecule has 16 nitrogen and oxygen atoms in total. The zero-order valence-corrected chi connectivity index (χ0v) is 29.6. The van der Waals surface area contributed by atoms with Crippen LogP contribution in [0.2, 0.25) is 0 Å². The monoisotopic (exact) mass is 706 g/mol. The summed E-state index contributed by atoms with van der Waals surface area (Å²) in [6.07, 6.45) is -1.44. The van der Waals surface area contributed by atoms with Crippen LogP contribution >= 0.6 is 0 Å². The summed E-state index contributed by atoms with van der Waals surface area (Å²) in [5.41, 5.74) is 0.781. The third kappa shape index (κ3) is 5.85. The number of nitrogens with zero attached hydrogens (tertiary/aromatic N) is 3. The number of carbonyl (C=O) groups is 7. The zero-order valence-electron chi connectivity index (χ0n) is 29.6. The molecule has 0 unspecified atom stereocenters. The van der Waals surface area contributed by atoms with E-state index in [1.54, 1.807) is 23.8 Å². The highest BCUT2D eigenvalue weighted by molar-refractivity contribution is 6.35.